The van der Waals surface area contributed by atoms with E-state index in [1.165, 1.54) is 48.1 Å². The number of aryl methyl sites for hydroxylation is 1. The third kappa shape index (κ3) is 4.45. The number of nitrogens with zero attached hydrogens (tertiary/aromatic N) is 4. The number of halogens is 1. The predicted octanol–water partition coefficient (Wildman–Crippen LogP) is 4.22. The van der Waals surface area contributed by atoms with Gasteiger partial charge in [0.15, 0.2) is 0 Å². The Labute approximate surface area is 179 Å². The normalized spacial score (nSPS) is 21.1. The van der Waals surface area contributed by atoms with E-state index in [-0.39, 0.29) is 17.8 Å². The van der Waals surface area contributed by atoms with Crippen molar-refractivity contribution < 1.29 is 0 Å². The summed E-state index contributed by atoms with van der Waals surface area (Å²) in [5.41, 5.74) is 0.702. The molecule has 2 aromatic heterocycles. The molecule has 1 N–H and O–H groups in total. The van der Waals surface area contributed by atoms with Gasteiger partial charge >= 0.3 is 0 Å². The largest absolute Gasteiger partial charge is 0.334 e. The zero-order valence-corrected chi connectivity index (χ0v) is 19.2. The lowest BCUT2D eigenvalue weighted by molar-refractivity contribution is 0.182. The van der Waals surface area contributed by atoms with Gasteiger partial charge in [0.1, 0.15) is 10.8 Å². The Morgan fingerprint density at radius 1 is 1.25 bits per heavy atom. The molecule has 0 aromatic carbocycles. The molecule has 1 saturated carbocycles. The molecule has 1 spiro atoms. The van der Waals surface area contributed by atoms with Crippen molar-refractivity contribution in [2.75, 3.05) is 13.1 Å². The minimum atomic E-state index is 0. The standard InChI is InChI=1S/C21H33N5S.ClH/c1-5-25-11-10-23-18(25)14-26(16-12-21(16)6-8-22-9-7-21)15-19-24-13-17(27-19)20(2,3)4;/h10-11,13,16,22H,5-9,12,14-15H2,1-4H3;1H. The molecule has 1 atom stereocenters. The first-order chi connectivity index (χ1) is 12.9. The Kier molecular flexibility index (Phi) is 6.54. The number of rotatable bonds is 6. The van der Waals surface area contributed by atoms with Crippen LogP contribution in [-0.2, 0) is 25.0 Å². The summed E-state index contributed by atoms with van der Waals surface area (Å²) in [6, 6.07) is 0.670. The van der Waals surface area contributed by atoms with Gasteiger partial charge in [0.05, 0.1) is 13.1 Å². The Balaban J connectivity index is 0.00000225. The van der Waals surface area contributed by atoms with Gasteiger partial charge in [0.2, 0.25) is 0 Å². The summed E-state index contributed by atoms with van der Waals surface area (Å²) in [7, 11) is 0. The van der Waals surface area contributed by atoms with Crippen LogP contribution >= 0.6 is 23.7 Å². The van der Waals surface area contributed by atoms with E-state index in [1.807, 2.05) is 17.5 Å². The van der Waals surface area contributed by atoms with Gasteiger partial charge < -0.3 is 9.88 Å². The Hall–Kier alpha value is -0.950. The Morgan fingerprint density at radius 2 is 2.00 bits per heavy atom. The Bertz CT molecular complexity index is 772. The van der Waals surface area contributed by atoms with E-state index < -0.39 is 0 Å². The van der Waals surface area contributed by atoms with E-state index >= 15 is 0 Å². The van der Waals surface area contributed by atoms with Crippen LogP contribution in [0.3, 0.4) is 0 Å². The quantitative estimate of drug-likeness (QED) is 0.755. The smallest absolute Gasteiger partial charge is 0.122 e. The van der Waals surface area contributed by atoms with Crippen molar-refractivity contribution in [2.24, 2.45) is 5.41 Å². The van der Waals surface area contributed by atoms with Gasteiger partial charge in [0, 0.05) is 36.1 Å². The van der Waals surface area contributed by atoms with Crippen LogP contribution in [0.15, 0.2) is 18.6 Å². The van der Waals surface area contributed by atoms with E-state index in [0.717, 1.165) is 19.6 Å². The molecule has 1 aliphatic heterocycles. The number of hydrogen-bond donors (Lipinski definition) is 1. The molecule has 156 valence electrons. The first-order valence-electron chi connectivity index (χ1n) is 10.3. The highest BCUT2D eigenvalue weighted by atomic mass is 35.5. The van der Waals surface area contributed by atoms with Crippen LogP contribution in [-0.4, -0.2) is 38.6 Å². The maximum absolute atomic E-state index is 4.78. The monoisotopic (exact) mass is 423 g/mol. The molecule has 0 bridgehead atoms. The average molecular weight is 424 g/mol. The van der Waals surface area contributed by atoms with Crippen molar-refractivity contribution in [3.05, 3.63) is 34.3 Å². The maximum atomic E-state index is 4.78. The molecule has 5 nitrogen and oxygen atoms in total. The first-order valence-corrected chi connectivity index (χ1v) is 11.1. The molecule has 1 unspecified atom stereocenters. The molecule has 28 heavy (non-hydrogen) atoms. The van der Waals surface area contributed by atoms with Gasteiger partial charge in [-0.05, 0) is 50.1 Å². The van der Waals surface area contributed by atoms with Crippen LogP contribution < -0.4 is 5.32 Å². The summed E-state index contributed by atoms with van der Waals surface area (Å²) in [6.45, 7) is 14.2. The number of thiazole rings is 1. The van der Waals surface area contributed by atoms with Crippen molar-refractivity contribution in [3.63, 3.8) is 0 Å². The fraction of sp³-hybridized carbons (Fsp3) is 0.714. The summed E-state index contributed by atoms with van der Waals surface area (Å²) < 4.78 is 2.27. The third-order valence-electron chi connectivity index (χ3n) is 6.30. The highest BCUT2D eigenvalue weighted by Crippen LogP contribution is 2.56. The van der Waals surface area contributed by atoms with Gasteiger partial charge in [-0.2, -0.15) is 0 Å². The fourth-order valence-electron chi connectivity index (χ4n) is 4.45. The van der Waals surface area contributed by atoms with Crippen molar-refractivity contribution in [1.82, 2.24) is 24.8 Å². The molecular formula is C21H34ClN5S. The van der Waals surface area contributed by atoms with Gasteiger partial charge in [-0.25, -0.2) is 9.97 Å². The lowest BCUT2D eigenvalue weighted by atomic mass is 9.93. The van der Waals surface area contributed by atoms with Crippen molar-refractivity contribution >= 4 is 23.7 Å². The average Bonchev–Trinajstić information content (AvgIpc) is 3.02. The van der Waals surface area contributed by atoms with Crippen LogP contribution in [0.5, 0.6) is 0 Å². The molecule has 2 aromatic rings. The van der Waals surface area contributed by atoms with Crippen molar-refractivity contribution in [3.8, 4) is 0 Å². The van der Waals surface area contributed by atoms with Crippen LogP contribution in [0, 0.1) is 5.41 Å². The molecule has 3 heterocycles. The SMILES string of the molecule is CCn1ccnc1CN(Cc1ncc(C(C)(C)C)s1)C1CC12CCNCC2.Cl. The molecule has 4 rings (SSSR count). The predicted molar refractivity (Wildman–Crippen MR) is 118 cm³/mol. The number of nitrogens with one attached hydrogen (secondary N) is 1. The van der Waals surface area contributed by atoms with Crippen LogP contribution in [0.2, 0.25) is 0 Å². The lowest BCUT2D eigenvalue weighted by Crippen LogP contribution is -2.36. The van der Waals surface area contributed by atoms with E-state index in [0.29, 0.717) is 11.5 Å². The van der Waals surface area contributed by atoms with E-state index in [2.05, 4.69) is 59.9 Å². The second-order valence-electron chi connectivity index (χ2n) is 9.24. The minimum absolute atomic E-state index is 0. The zero-order valence-electron chi connectivity index (χ0n) is 17.6. The van der Waals surface area contributed by atoms with Gasteiger partial charge in [0.25, 0.3) is 0 Å². The number of hydrogen-bond acceptors (Lipinski definition) is 5. The topological polar surface area (TPSA) is 46.0 Å². The Morgan fingerprint density at radius 3 is 2.64 bits per heavy atom. The molecule has 1 aliphatic carbocycles. The summed E-state index contributed by atoms with van der Waals surface area (Å²) in [6.07, 6.45) is 10.1. The van der Waals surface area contributed by atoms with Crippen LogP contribution in [0.25, 0.3) is 0 Å². The summed E-state index contributed by atoms with van der Waals surface area (Å²) in [4.78, 5) is 13.5. The highest BCUT2D eigenvalue weighted by Gasteiger charge is 2.56. The summed E-state index contributed by atoms with van der Waals surface area (Å²) in [5.74, 6) is 1.18. The molecule has 2 fully saturated rings. The van der Waals surface area contributed by atoms with Crippen LogP contribution in [0.4, 0.5) is 0 Å². The molecule has 0 radical (unpaired) electrons. The maximum Gasteiger partial charge on any atom is 0.122 e. The molecule has 2 aliphatic rings. The number of imidazole rings is 1. The second-order valence-corrected chi connectivity index (χ2v) is 10.4. The second kappa shape index (κ2) is 8.42. The number of aromatic nitrogens is 3. The molecule has 0 amide bonds. The zero-order chi connectivity index (χ0) is 19.1. The van der Waals surface area contributed by atoms with Crippen molar-refractivity contribution in [2.45, 2.75) is 78.0 Å². The molecule has 7 heteroatoms. The van der Waals surface area contributed by atoms with Crippen molar-refractivity contribution in [1.29, 1.82) is 0 Å². The third-order valence-corrected chi connectivity index (χ3v) is 7.71. The summed E-state index contributed by atoms with van der Waals surface area (Å²) in [5, 5.41) is 4.77. The van der Waals surface area contributed by atoms with Gasteiger partial charge in [-0.15, -0.1) is 23.7 Å². The number of piperidine rings is 1. The lowest BCUT2D eigenvalue weighted by Gasteiger charge is -2.29. The van der Waals surface area contributed by atoms with Crippen LogP contribution in [0.1, 0.15) is 62.7 Å². The highest BCUT2D eigenvalue weighted by molar-refractivity contribution is 7.11. The fourth-order valence-corrected chi connectivity index (χ4v) is 5.45. The van der Waals surface area contributed by atoms with Gasteiger partial charge in [-0.3, -0.25) is 4.90 Å². The van der Waals surface area contributed by atoms with E-state index in [4.69, 9.17) is 4.98 Å². The molecule has 1 saturated heterocycles. The van der Waals surface area contributed by atoms with E-state index in [1.54, 1.807) is 0 Å². The first kappa shape index (κ1) is 21.8. The minimum Gasteiger partial charge on any atom is -0.334 e. The summed E-state index contributed by atoms with van der Waals surface area (Å²) >= 11 is 1.88. The van der Waals surface area contributed by atoms with E-state index in [9.17, 15) is 0 Å². The van der Waals surface area contributed by atoms with Gasteiger partial charge in [-0.1, -0.05) is 20.8 Å². The molecular weight excluding hydrogens is 390 g/mol.